The number of hydrogen-bond acceptors (Lipinski definition) is 4. The number of amides is 1. The molecule has 0 atom stereocenters. The number of hydrogen-bond donors (Lipinski definition) is 1. The summed E-state index contributed by atoms with van der Waals surface area (Å²) < 4.78 is 1.86. The van der Waals surface area contributed by atoms with Crippen molar-refractivity contribution in [2.75, 3.05) is 6.26 Å². The van der Waals surface area contributed by atoms with Crippen molar-refractivity contribution in [3.05, 3.63) is 72.3 Å². The van der Waals surface area contributed by atoms with Crippen molar-refractivity contribution in [3.8, 4) is 5.69 Å². The Hall–Kier alpha value is -2.60. The SMILES string of the molecule is CSc1ccc(C(=O)NCc2nncn2-c2ccccc2)cc1. The summed E-state index contributed by atoms with van der Waals surface area (Å²) in [5.41, 5.74) is 1.60. The molecule has 0 radical (unpaired) electrons. The van der Waals surface area contributed by atoms with E-state index in [-0.39, 0.29) is 5.91 Å². The van der Waals surface area contributed by atoms with Crippen LogP contribution < -0.4 is 5.32 Å². The van der Waals surface area contributed by atoms with Crippen LogP contribution in [0.1, 0.15) is 16.2 Å². The summed E-state index contributed by atoms with van der Waals surface area (Å²) in [5, 5.41) is 10.9. The lowest BCUT2D eigenvalue weighted by Crippen LogP contribution is -2.24. The van der Waals surface area contributed by atoms with Gasteiger partial charge in [-0.2, -0.15) is 0 Å². The third-order valence-corrected chi connectivity index (χ3v) is 4.16. The number of carbonyl (C=O) groups excluding carboxylic acids is 1. The molecule has 1 amide bonds. The van der Waals surface area contributed by atoms with Gasteiger partial charge in [-0.05, 0) is 42.7 Å². The molecule has 0 fully saturated rings. The molecule has 5 nitrogen and oxygen atoms in total. The average molecular weight is 324 g/mol. The molecule has 0 aliphatic rings. The highest BCUT2D eigenvalue weighted by molar-refractivity contribution is 7.98. The molecule has 0 aliphatic heterocycles. The fraction of sp³-hybridized carbons (Fsp3) is 0.118. The zero-order valence-electron chi connectivity index (χ0n) is 12.6. The van der Waals surface area contributed by atoms with Gasteiger partial charge in [0.05, 0.1) is 6.54 Å². The predicted octanol–water partition coefficient (Wildman–Crippen LogP) is 2.92. The first-order chi connectivity index (χ1) is 11.3. The van der Waals surface area contributed by atoms with Crippen LogP contribution in [0.2, 0.25) is 0 Å². The molecule has 0 saturated carbocycles. The van der Waals surface area contributed by atoms with E-state index in [0.29, 0.717) is 17.9 Å². The number of nitrogens with zero attached hydrogens (tertiary/aromatic N) is 3. The van der Waals surface area contributed by atoms with Crippen molar-refractivity contribution in [2.45, 2.75) is 11.4 Å². The Morgan fingerprint density at radius 3 is 2.57 bits per heavy atom. The van der Waals surface area contributed by atoms with E-state index in [0.717, 1.165) is 10.6 Å². The summed E-state index contributed by atoms with van der Waals surface area (Å²) in [4.78, 5) is 13.3. The molecule has 0 aliphatic carbocycles. The van der Waals surface area contributed by atoms with Crippen molar-refractivity contribution in [2.24, 2.45) is 0 Å². The van der Waals surface area contributed by atoms with Gasteiger partial charge in [0.2, 0.25) is 0 Å². The van der Waals surface area contributed by atoms with Crippen molar-refractivity contribution >= 4 is 17.7 Å². The fourth-order valence-corrected chi connectivity index (χ4v) is 2.60. The van der Waals surface area contributed by atoms with E-state index in [1.165, 1.54) is 0 Å². The lowest BCUT2D eigenvalue weighted by Gasteiger charge is -2.08. The van der Waals surface area contributed by atoms with Gasteiger partial charge in [-0.1, -0.05) is 18.2 Å². The summed E-state index contributed by atoms with van der Waals surface area (Å²) in [7, 11) is 0. The first kappa shape index (κ1) is 15.3. The second-order valence-electron chi connectivity index (χ2n) is 4.86. The molecule has 0 saturated heterocycles. The first-order valence-electron chi connectivity index (χ1n) is 7.14. The van der Waals surface area contributed by atoms with Crippen LogP contribution in [0.25, 0.3) is 5.69 Å². The minimum Gasteiger partial charge on any atom is -0.345 e. The Kier molecular flexibility index (Phi) is 4.73. The summed E-state index contributed by atoms with van der Waals surface area (Å²) in [6, 6.07) is 17.3. The van der Waals surface area contributed by atoms with Gasteiger partial charge in [0.1, 0.15) is 6.33 Å². The maximum absolute atomic E-state index is 12.2. The highest BCUT2D eigenvalue weighted by Gasteiger charge is 2.09. The third-order valence-electron chi connectivity index (χ3n) is 3.41. The number of para-hydroxylation sites is 1. The van der Waals surface area contributed by atoms with E-state index in [9.17, 15) is 4.79 Å². The minimum absolute atomic E-state index is 0.125. The second kappa shape index (κ2) is 7.11. The van der Waals surface area contributed by atoms with Crippen LogP contribution in [-0.2, 0) is 6.54 Å². The minimum atomic E-state index is -0.125. The Bertz CT molecular complexity index is 784. The van der Waals surface area contributed by atoms with Crippen molar-refractivity contribution in [1.82, 2.24) is 20.1 Å². The molecule has 23 heavy (non-hydrogen) atoms. The second-order valence-corrected chi connectivity index (χ2v) is 5.74. The smallest absolute Gasteiger partial charge is 0.251 e. The zero-order valence-corrected chi connectivity index (χ0v) is 13.5. The third kappa shape index (κ3) is 3.60. The van der Waals surface area contributed by atoms with Gasteiger partial charge >= 0.3 is 0 Å². The summed E-state index contributed by atoms with van der Waals surface area (Å²) in [5.74, 6) is 0.561. The van der Waals surface area contributed by atoms with Crippen LogP contribution >= 0.6 is 11.8 Å². The highest BCUT2D eigenvalue weighted by Crippen LogP contribution is 2.15. The predicted molar refractivity (Wildman–Crippen MR) is 90.8 cm³/mol. The number of nitrogens with one attached hydrogen (secondary N) is 1. The van der Waals surface area contributed by atoms with Gasteiger partial charge in [0, 0.05) is 16.1 Å². The average Bonchev–Trinajstić information content (AvgIpc) is 3.09. The van der Waals surface area contributed by atoms with Crippen molar-refractivity contribution in [1.29, 1.82) is 0 Å². The molecule has 1 N–H and O–H groups in total. The molecule has 0 bridgehead atoms. The van der Waals surface area contributed by atoms with Gasteiger partial charge in [-0.15, -0.1) is 22.0 Å². The Labute approximate surface area is 138 Å². The monoisotopic (exact) mass is 324 g/mol. The molecule has 6 heteroatoms. The topological polar surface area (TPSA) is 59.8 Å². The molecular formula is C17H16N4OS. The van der Waals surface area contributed by atoms with Gasteiger partial charge in [0.15, 0.2) is 5.82 Å². The molecule has 3 aromatic rings. The maximum Gasteiger partial charge on any atom is 0.251 e. The zero-order chi connectivity index (χ0) is 16.1. The number of aromatic nitrogens is 3. The largest absolute Gasteiger partial charge is 0.345 e. The van der Waals surface area contributed by atoms with Gasteiger partial charge in [0.25, 0.3) is 5.91 Å². The highest BCUT2D eigenvalue weighted by atomic mass is 32.2. The number of rotatable bonds is 5. The van der Waals surface area contributed by atoms with E-state index in [4.69, 9.17) is 0 Å². The molecule has 1 aromatic heterocycles. The number of thioether (sulfide) groups is 1. The lowest BCUT2D eigenvalue weighted by molar-refractivity contribution is 0.0949. The standard InChI is InChI=1S/C17H16N4OS/c1-23-15-9-7-13(8-10-15)17(22)18-11-16-20-19-12-21(16)14-5-3-2-4-6-14/h2-10,12H,11H2,1H3,(H,18,22). The van der Waals surface area contributed by atoms with Crippen LogP contribution in [0.5, 0.6) is 0 Å². The van der Waals surface area contributed by atoms with E-state index in [1.54, 1.807) is 18.1 Å². The van der Waals surface area contributed by atoms with Gasteiger partial charge in [-0.25, -0.2) is 0 Å². The van der Waals surface area contributed by atoms with Crippen LogP contribution in [0.4, 0.5) is 0 Å². The van der Waals surface area contributed by atoms with Crippen molar-refractivity contribution < 1.29 is 4.79 Å². The molecule has 1 heterocycles. The van der Waals surface area contributed by atoms with E-state index in [2.05, 4.69) is 15.5 Å². The number of benzene rings is 2. The Morgan fingerprint density at radius 2 is 1.87 bits per heavy atom. The van der Waals surface area contributed by atoms with Crippen molar-refractivity contribution in [3.63, 3.8) is 0 Å². The first-order valence-corrected chi connectivity index (χ1v) is 8.37. The summed E-state index contributed by atoms with van der Waals surface area (Å²) in [6.07, 6.45) is 3.65. The molecular weight excluding hydrogens is 308 g/mol. The molecule has 116 valence electrons. The van der Waals surface area contributed by atoms with Crippen LogP contribution in [-0.4, -0.2) is 26.9 Å². The molecule has 2 aromatic carbocycles. The molecule has 0 unspecified atom stereocenters. The normalized spacial score (nSPS) is 10.5. The van der Waals surface area contributed by atoms with Crippen LogP contribution in [0.3, 0.4) is 0 Å². The van der Waals surface area contributed by atoms with E-state index in [1.807, 2.05) is 65.4 Å². The Morgan fingerprint density at radius 1 is 1.13 bits per heavy atom. The molecule has 3 rings (SSSR count). The van der Waals surface area contributed by atoms with Crippen LogP contribution in [0, 0.1) is 0 Å². The Balaban J connectivity index is 1.69. The number of carbonyl (C=O) groups is 1. The quantitative estimate of drug-likeness (QED) is 0.733. The summed E-state index contributed by atoms with van der Waals surface area (Å²) in [6.45, 7) is 0.317. The molecule has 0 spiro atoms. The van der Waals surface area contributed by atoms with Gasteiger partial charge in [-0.3, -0.25) is 9.36 Å². The van der Waals surface area contributed by atoms with Gasteiger partial charge < -0.3 is 5.32 Å². The lowest BCUT2D eigenvalue weighted by atomic mass is 10.2. The van der Waals surface area contributed by atoms with E-state index >= 15 is 0 Å². The van der Waals surface area contributed by atoms with Crippen LogP contribution in [0.15, 0.2) is 65.8 Å². The van der Waals surface area contributed by atoms with E-state index < -0.39 is 0 Å². The summed E-state index contributed by atoms with van der Waals surface area (Å²) >= 11 is 1.65. The maximum atomic E-state index is 12.2. The fourth-order valence-electron chi connectivity index (χ4n) is 2.19.